The highest BCUT2D eigenvalue weighted by Crippen LogP contribution is 2.33. The van der Waals surface area contributed by atoms with Gasteiger partial charge in [-0.05, 0) is 51.6 Å². The molecule has 0 saturated carbocycles. The predicted molar refractivity (Wildman–Crippen MR) is 180 cm³/mol. The molecule has 0 saturated heterocycles. The summed E-state index contributed by atoms with van der Waals surface area (Å²) < 4.78 is 6.61. The van der Waals surface area contributed by atoms with Crippen LogP contribution in [0.5, 0.6) is 0 Å². The van der Waals surface area contributed by atoms with Crippen LogP contribution in [0, 0.1) is 0 Å². The molecule has 0 amide bonds. The minimum atomic E-state index is 0.855. The zero-order valence-corrected chi connectivity index (χ0v) is 25.3. The van der Waals surface area contributed by atoms with Gasteiger partial charge in [0, 0.05) is 53.1 Å². The molecule has 7 rings (SSSR count). The Morgan fingerprint density at radius 3 is 0.756 bits per heavy atom. The first-order chi connectivity index (χ1) is 22.2. The molecule has 0 fully saturated rings. The fraction of sp³-hybridized carbons (Fsp3) is 0.0714. The van der Waals surface area contributed by atoms with Gasteiger partial charge in [-0.25, -0.2) is 13.7 Å². The van der Waals surface area contributed by atoms with Crippen molar-refractivity contribution in [3.05, 3.63) is 199 Å². The Balaban J connectivity index is 1.20. The topological polar surface area (TPSA) is 11.6 Å². The Morgan fingerprint density at radius 1 is 0.267 bits per heavy atom. The van der Waals surface area contributed by atoms with E-state index >= 15 is 0 Å². The molecule has 0 radical (unpaired) electrons. The normalized spacial score (nSPS) is 10.9. The predicted octanol–water partition coefficient (Wildman–Crippen LogP) is 7.70. The molecule has 0 N–H and O–H groups in total. The van der Waals surface area contributed by atoms with Gasteiger partial charge in [-0.2, -0.15) is 0 Å². The van der Waals surface area contributed by atoms with Crippen molar-refractivity contribution in [1.29, 1.82) is 0 Å². The summed E-state index contributed by atoms with van der Waals surface area (Å²) >= 11 is 0. The Labute approximate surface area is 265 Å². The Hall–Kier alpha value is -5.67. The summed E-state index contributed by atoms with van der Waals surface area (Å²) in [5.74, 6) is 0. The second kappa shape index (κ2) is 13.3. The molecule has 0 bridgehead atoms. The van der Waals surface area contributed by atoms with Crippen LogP contribution < -0.4 is 13.7 Å². The molecule has 0 aliphatic heterocycles. The third-order valence-electron chi connectivity index (χ3n) is 8.22. The van der Waals surface area contributed by atoms with Crippen molar-refractivity contribution in [3.63, 3.8) is 0 Å². The van der Waals surface area contributed by atoms with E-state index in [1.165, 1.54) is 50.1 Å². The fourth-order valence-corrected chi connectivity index (χ4v) is 5.79. The molecule has 0 aliphatic carbocycles. The number of hydrogen-bond acceptors (Lipinski definition) is 0. The van der Waals surface area contributed by atoms with Crippen molar-refractivity contribution >= 4 is 0 Å². The summed E-state index contributed by atoms with van der Waals surface area (Å²) in [5, 5.41) is 0. The van der Waals surface area contributed by atoms with Gasteiger partial charge in [0.1, 0.15) is 0 Å². The van der Waals surface area contributed by atoms with Gasteiger partial charge in [-0.1, -0.05) is 91.0 Å². The highest BCUT2D eigenvalue weighted by atomic mass is 14.9. The summed E-state index contributed by atoms with van der Waals surface area (Å²) in [6.45, 7) is 2.56. The first-order valence-corrected chi connectivity index (χ1v) is 15.5. The van der Waals surface area contributed by atoms with Crippen LogP contribution in [0.4, 0.5) is 0 Å². The van der Waals surface area contributed by atoms with Crippen LogP contribution >= 0.6 is 0 Å². The fourth-order valence-electron chi connectivity index (χ4n) is 5.79. The molecular weight excluding hydrogens is 546 g/mol. The molecule has 3 nitrogen and oxygen atoms in total. The lowest BCUT2D eigenvalue weighted by molar-refractivity contribution is -0.688. The van der Waals surface area contributed by atoms with Gasteiger partial charge in [0.25, 0.3) is 0 Å². The van der Waals surface area contributed by atoms with Crippen molar-refractivity contribution in [3.8, 4) is 33.4 Å². The van der Waals surface area contributed by atoms with Gasteiger partial charge in [0.15, 0.2) is 56.8 Å². The van der Waals surface area contributed by atoms with E-state index in [0.29, 0.717) is 0 Å². The first kappa shape index (κ1) is 28.1. The minimum Gasteiger partial charge on any atom is -0.201 e. The van der Waals surface area contributed by atoms with E-state index in [-0.39, 0.29) is 0 Å². The van der Waals surface area contributed by atoms with Crippen LogP contribution in [0.15, 0.2) is 183 Å². The monoisotopic (exact) mass is 582 g/mol. The second-order valence-corrected chi connectivity index (χ2v) is 11.5. The average molecular weight is 583 g/mol. The SMILES string of the molecule is c1cc[n+](Cc2ccc(-c3cc(-c4ccc(C[n+]5ccccc5)cc4)cc(-c4ccc(C[n+]5ccccc5)cc4)c3)cc2)cc1. The smallest absolute Gasteiger partial charge is 0.173 e. The number of nitrogens with zero attached hydrogens (tertiary/aromatic N) is 3. The van der Waals surface area contributed by atoms with Crippen molar-refractivity contribution < 1.29 is 13.7 Å². The summed E-state index contributed by atoms with van der Waals surface area (Å²) in [5.41, 5.74) is 11.1. The molecule has 0 unspecified atom stereocenters. The number of hydrogen-bond donors (Lipinski definition) is 0. The van der Waals surface area contributed by atoms with Crippen LogP contribution in [-0.4, -0.2) is 0 Å². The van der Waals surface area contributed by atoms with E-state index in [2.05, 4.69) is 196 Å². The largest absolute Gasteiger partial charge is 0.201 e. The maximum Gasteiger partial charge on any atom is 0.173 e. The van der Waals surface area contributed by atoms with E-state index in [9.17, 15) is 0 Å². The molecule has 4 aromatic carbocycles. The van der Waals surface area contributed by atoms with Crippen LogP contribution in [0.1, 0.15) is 16.7 Å². The molecule has 3 heterocycles. The third kappa shape index (κ3) is 7.11. The number of aromatic nitrogens is 3. The second-order valence-electron chi connectivity index (χ2n) is 11.5. The van der Waals surface area contributed by atoms with E-state index < -0.39 is 0 Å². The van der Waals surface area contributed by atoms with Crippen molar-refractivity contribution in [2.45, 2.75) is 19.6 Å². The summed E-state index contributed by atoms with van der Waals surface area (Å²) in [4.78, 5) is 0. The first-order valence-electron chi connectivity index (χ1n) is 15.5. The lowest BCUT2D eigenvalue weighted by Crippen LogP contribution is -2.32. The average Bonchev–Trinajstić information content (AvgIpc) is 3.10. The van der Waals surface area contributed by atoms with E-state index in [4.69, 9.17) is 0 Å². The van der Waals surface area contributed by atoms with Gasteiger partial charge >= 0.3 is 0 Å². The Morgan fingerprint density at radius 2 is 0.511 bits per heavy atom. The Kier molecular flexibility index (Phi) is 8.32. The van der Waals surface area contributed by atoms with Gasteiger partial charge in [-0.3, -0.25) is 0 Å². The van der Waals surface area contributed by atoms with Crippen LogP contribution in [-0.2, 0) is 19.6 Å². The molecular formula is C42H36N3+3. The highest BCUT2D eigenvalue weighted by molar-refractivity contribution is 5.81. The molecule has 0 atom stereocenters. The van der Waals surface area contributed by atoms with Crippen LogP contribution in [0.3, 0.4) is 0 Å². The third-order valence-corrected chi connectivity index (χ3v) is 8.22. The summed E-state index contributed by atoms with van der Waals surface area (Å²) in [6.07, 6.45) is 12.7. The zero-order chi connectivity index (χ0) is 30.3. The minimum absolute atomic E-state index is 0.855. The number of rotatable bonds is 9. The molecule has 3 aromatic heterocycles. The van der Waals surface area contributed by atoms with E-state index in [1.807, 2.05) is 0 Å². The standard InChI is InChI=1S/C42H36N3/c1-4-22-43(23-5-1)31-34-10-16-37(17-11-34)40-28-41(38-18-12-35(13-19-38)32-44-24-6-2-7-25-44)30-42(29-40)39-20-14-36(15-21-39)33-45-26-8-3-9-27-45/h1-30H,31-33H2/q+3. The maximum absolute atomic E-state index is 2.33. The van der Waals surface area contributed by atoms with Crippen molar-refractivity contribution in [2.75, 3.05) is 0 Å². The van der Waals surface area contributed by atoms with Gasteiger partial charge in [0.2, 0.25) is 0 Å². The van der Waals surface area contributed by atoms with Crippen LogP contribution in [0.25, 0.3) is 33.4 Å². The molecule has 45 heavy (non-hydrogen) atoms. The molecule has 216 valence electrons. The van der Waals surface area contributed by atoms with Crippen LogP contribution in [0.2, 0.25) is 0 Å². The molecule has 3 heteroatoms. The molecule has 7 aromatic rings. The lowest BCUT2D eigenvalue weighted by Gasteiger charge is -2.12. The van der Waals surface area contributed by atoms with E-state index in [0.717, 1.165) is 19.6 Å². The molecule has 0 aliphatic rings. The number of pyridine rings is 3. The van der Waals surface area contributed by atoms with Crippen molar-refractivity contribution in [1.82, 2.24) is 0 Å². The maximum atomic E-state index is 2.33. The zero-order valence-electron chi connectivity index (χ0n) is 25.3. The Bertz CT molecular complexity index is 1720. The van der Waals surface area contributed by atoms with Gasteiger partial charge in [0.05, 0.1) is 0 Å². The summed E-state index contributed by atoms with van der Waals surface area (Å²) in [7, 11) is 0. The molecule has 0 spiro atoms. The van der Waals surface area contributed by atoms with E-state index in [1.54, 1.807) is 0 Å². The van der Waals surface area contributed by atoms with Gasteiger partial charge in [-0.15, -0.1) is 0 Å². The lowest BCUT2D eigenvalue weighted by atomic mass is 9.92. The van der Waals surface area contributed by atoms with Gasteiger partial charge < -0.3 is 0 Å². The highest BCUT2D eigenvalue weighted by Gasteiger charge is 2.11. The summed E-state index contributed by atoms with van der Waals surface area (Å²) in [6, 6.07) is 52.5. The number of benzene rings is 4. The van der Waals surface area contributed by atoms with Crippen molar-refractivity contribution in [2.24, 2.45) is 0 Å². The quantitative estimate of drug-likeness (QED) is 0.155.